The Bertz CT molecular complexity index is 782. The summed E-state index contributed by atoms with van der Waals surface area (Å²) in [7, 11) is 0. The first-order valence-electron chi connectivity index (χ1n) is 5.38. The van der Waals surface area contributed by atoms with Crippen molar-refractivity contribution in [2.24, 2.45) is 0 Å². The molecule has 0 atom stereocenters. The molecule has 0 saturated carbocycles. The second-order valence-corrected chi connectivity index (χ2v) is 4.04. The van der Waals surface area contributed by atoms with Crippen LogP contribution in [0.15, 0.2) is 6.20 Å². The normalized spacial score (nSPS) is 11.8. The molecule has 1 heterocycles. The van der Waals surface area contributed by atoms with Gasteiger partial charge in [-0.3, -0.25) is 0 Å². The topological polar surface area (TPSA) is 55.1 Å². The summed E-state index contributed by atoms with van der Waals surface area (Å²) < 4.78 is 104. The number of carbonyl (C=O) groups is 1. The van der Waals surface area contributed by atoms with Gasteiger partial charge in [-0.2, -0.15) is 18.3 Å². The number of hydrogen-bond acceptors (Lipinski definition) is 2. The predicted molar refractivity (Wildman–Crippen MR) is 55.3 cm³/mol. The van der Waals surface area contributed by atoms with E-state index in [1.54, 1.807) is 0 Å². The molecule has 0 saturated heterocycles. The van der Waals surface area contributed by atoms with Crippen LogP contribution in [0.4, 0.5) is 35.1 Å². The lowest BCUT2D eigenvalue weighted by atomic mass is 10.2. The fraction of sp³-hybridized carbons (Fsp3) is 0.0909. The van der Waals surface area contributed by atoms with Gasteiger partial charge in [0, 0.05) is 0 Å². The molecule has 1 aromatic carbocycles. The van der Waals surface area contributed by atoms with Crippen LogP contribution in [0.5, 0.6) is 0 Å². The lowest BCUT2D eigenvalue weighted by Gasteiger charge is -2.13. The largest absolute Gasteiger partial charge is 0.478 e. The van der Waals surface area contributed by atoms with Gasteiger partial charge >= 0.3 is 12.1 Å². The summed E-state index contributed by atoms with van der Waals surface area (Å²) in [6.07, 6.45) is -5.42. The van der Waals surface area contributed by atoms with Gasteiger partial charge in [-0.05, 0) is 0 Å². The average molecular weight is 346 g/mol. The molecule has 2 aromatic rings. The molecule has 1 aromatic heterocycles. The van der Waals surface area contributed by atoms with Crippen LogP contribution in [0.3, 0.4) is 0 Å². The molecule has 0 amide bonds. The number of benzene rings is 1. The van der Waals surface area contributed by atoms with Crippen LogP contribution in [0, 0.1) is 29.1 Å². The van der Waals surface area contributed by atoms with Gasteiger partial charge in [0.05, 0.1) is 6.20 Å². The maximum absolute atomic E-state index is 13.6. The molecule has 0 fully saturated rings. The van der Waals surface area contributed by atoms with E-state index in [-0.39, 0.29) is 6.20 Å². The molecule has 12 heteroatoms. The first kappa shape index (κ1) is 16.7. The summed E-state index contributed by atoms with van der Waals surface area (Å²) in [5.74, 6) is -14.9. The number of rotatable bonds is 2. The van der Waals surface area contributed by atoms with Crippen LogP contribution >= 0.6 is 0 Å². The molecule has 4 nitrogen and oxygen atoms in total. The second-order valence-electron chi connectivity index (χ2n) is 4.04. The third-order valence-electron chi connectivity index (χ3n) is 2.67. The van der Waals surface area contributed by atoms with E-state index < -0.39 is 62.9 Å². The number of carboxylic acid groups (broad SMARTS) is 1. The van der Waals surface area contributed by atoms with E-state index in [1.165, 1.54) is 0 Å². The van der Waals surface area contributed by atoms with Crippen molar-refractivity contribution in [2.45, 2.75) is 6.18 Å². The van der Waals surface area contributed by atoms with Crippen molar-refractivity contribution in [3.05, 3.63) is 46.5 Å². The van der Waals surface area contributed by atoms with Crippen molar-refractivity contribution in [1.82, 2.24) is 9.78 Å². The highest BCUT2D eigenvalue weighted by Crippen LogP contribution is 2.36. The average Bonchev–Trinajstić information content (AvgIpc) is 2.88. The van der Waals surface area contributed by atoms with Crippen LogP contribution in [0.2, 0.25) is 0 Å². The molecule has 0 radical (unpaired) electrons. The van der Waals surface area contributed by atoms with E-state index >= 15 is 0 Å². The first-order valence-corrected chi connectivity index (χ1v) is 5.38. The Morgan fingerprint density at radius 2 is 1.39 bits per heavy atom. The number of alkyl halides is 3. The zero-order chi connectivity index (χ0) is 17.7. The molecule has 0 aliphatic rings. The number of aromatic nitrogens is 2. The van der Waals surface area contributed by atoms with Crippen molar-refractivity contribution < 1.29 is 45.0 Å². The third-order valence-corrected chi connectivity index (χ3v) is 2.67. The quantitative estimate of drug-likeness (QED) is 0.516. The molecule has 124 valence electrons. The Hall–Kier alpha value is -2.66. The van der Waals surface area contributed by atoms with E-state index in [0.717, 1.165) is 0 Å². The van der Waals surface area contributed by atoms with Gasteiger partial charge < -0.3 is 5.11 Å². The highest BCUT2D eigenvalue weighted by molar-refractivity contribution is 5.89. The van der Waals surface area contributed by atoms with Gasteiger partial charge in [0.2, 0.25) is 5.82 Å². The summed E-state index contributed by atoms with van der Waals surface area (Å²) in [5, 5.41) is 11.4. The molecule has 23 heavy (non-hydrogen) atoms. The lowest BCUT2D eigenvalue weighted by molar-refractivity contribution is -0.143. The molecule has 0 bridgehead atoms. The Morgan fingerprint density at radius 1 is 0.957 bits per heavy atom. The van der Waals surface area contributed by atoms with Crippen molar-refractivity contribution >= 4 is 5.97 Å². The van der Waals surface area contributed by atoms with Gasteiger partial charge in [0.1, 0.15) is 11.3 Å². The fourth-order valence-corrected chi connectivity index (χ4v) is 1.73. The van der Waals surface area contributed by atoms with Crippen LogP contribution in [0.1, 0.15) is 16.1 Å². The number of halogens is 8. The SMILES string of the molecule is O=C(O)c1cnn(-c2c(F)c(F)c(F)c(F)c2F)c1C(F)(F)F. The van der Waals surface area contributed by atoms with E-state index in [0.29, 0.717) is 0 Å². The Balaban J connectivity index is 2.92. The number of carboxylic acids is 1. The molecular weight excluding hydrogens is 344 g/mol. The van der Waals surface area contributed by atoms with Crippen LogP contribution in [0.25, 0.3) is 5.69 Å². The Morgan fingerprint density at radius 3 is 1.78 bits per heavy atom. The van der Waals surface area contributed by atoms with E-state index in [1.807, 2.05) is 0 Å². The highest BCUT2D eigenvalue weighted by Gasteiger charge is 2.42. The smallest absolute Gasteiger partial charge is 0.434 e. The zero-order valence-corrected chi connectivity index (χ0v) is 10.4. The summed E-state index contributed by atoms with van der Waals surface area (Å²) in [6.45, 7) is 0. The third kappa shape index (κ3) is 2.49. The molecule has 0 spiro atoms. The van der Waals surface area contributed by atoms with Crippen molar-refractivity contribution in [3.8, 4) is 5.69 Å². The van der Waals surface area contributed by atoms with E-state index in [9.17, 15) is 39.9 Å². The number of hydrogen-bond donors (Lipinski definition) is 1. The summed E-state index contributed by atoms with van der Waals surface area (Å²) in [4.78, 5) is 10.7. The monoisotopic (exact) mass is 346 g/mol. The molecule has 1 N–H and O–H groups in total. The predicted octanol–water partition coefficient (Wildman–Crippen LogP) is 3.28. The minimum atomic E-state index is -5.50. The molecule has 0 unspecified atom stereocenters. The van der Waals surface area contributed by atoms with Gasteiger partial charge in [-0.25, -0.2) is 31.4 Å². The zero-order valence-electron chi connectivity index (χ0n) is 10.4. The van der Waals surface area contributed by atoms with Gasteiger partial charge in [0.25, 0.3) is 0 Å². The van der Waals surface area contributed by atoms with Crippen molar-refractivity contribution in [1.29, 1.82) is 0 Å². The van der Waals surface area contributed by atoms with Gasteiger partial charge in [-0.15, -0.1) is 0 Å². The summed E-state index contributed by atoms with van der Waals surface area (Å²) in [5.41, 5.74) is -5.77. The molecule has 2 rings (SSSR count). The molecular formula is C11H2F8N2O2. The van der Waals surface area contributed by atoms with Gasteiger partial charge in [-0.1, -0.05) is 0 Å². The summed E-state index contributed by atoms with van der Waals surface area (Å²) >= 11 is 0. The summed E-state index contributed by atoms with van der Waals surface area (Å²) in [6, 6.07) is 0. The van der Waals surface area contributed by atoms with Crippen LogP contribution in [-0.2, 0) is 6.18 Å². The van der Waals surface area contributed by atoms with E-state index in [4.69, 9.17) is 5.11 Å². The Kier molecular flexibility index (Phi) is 3.78. The molecule has 0 aliphatic heterocycles. The second kappa shape index (κ2) is 5.21. The minimum Gasteiger partial charge on any atom is -0.478 e. The standard InChI is InChI=1S/C11H2F8N2O2/c12-3-4(13)6(15)8(7(16)5(3)14)21-9(11(17,18)19)2(1-20-21)10(22)23/h1H,(H,22,23). The van der Waals surface area contributed by atoms with E-state index in [2.05, 4.69) is 5.10 Å². The maximum atomic E-state index is 13.6. The van der Waals surface area contributed by atoms with Crippen LogP contribution < -0.4 is 0 Å². The van der Waals surface area contributed by atoms with Crippen LogP contribution in [-0.4, -0.2) is 20.9 Å². The number of aromatic carboxylic acids is 1. The first-order chi connectivity index (χ1) is 10.5. The number of nitrogens with zero attached hydrogens (tertiary/aromatic N) is 2. The lowest BCUT2D eigenvalue weighted by Crippen LogP contribution is -2.20. The van der Waals surface area contributed by atoms with Gasteiger partial charge in [0.15, 0.2) is 29.0 Å². The minimum absolute atomic E-state index is 0.0726. The highest BCUT2D eigenvalue weighted by atomic mass is 19.4. The maximum Gasteiger partial charge on any atom is 0.434 e. The van der Waals surface area contributed by atoms with Crippen molar-refractivity contribution in [2.75, 3.05) is 0 Å². The Labute approximate surface area is 120 Å². The van der Waals surface area contributed by atoms with Crippen molar-refractivity contribution in [3.63, 3.8) is 0 Å². The molecule has 0 aliphatic carbocycles. The fourth-order valence-electron chi connectivity index (χ4n) is 1.73.